The quantitative estimate of drug-likeness (QED) is 0.360. The molecular formula is C27H30N4O4. The molecule has 8 nitrogen and oxygen atoms in total. The average Bonchev–Trinajstić information content (AvgIpc) is 3.30. The van der Waals surface area contributed by atoms with Crippen molar-refractivity contribution in [1.29, 1.82) is 0 Å². The maximum Gasteiger partial charge on any atom is 0.337 e. The van der Waals surface area contributed by atoms with Gasteiger partial charge in [-0.05, 0) is 56.2 Å². The summed E-state index contributed by atoms with van der Waals surface area (Å²) in [5, 5.41) is 10.4. The molecule has 1 aliphatic rings. The van der Waals surface area contributed by atoms with Crippen LogP contribution in [0.1, 0.15) is 43.9 Å². The van der Waals surface area contributed by atoms with Gasteiger partial charge in [-0.25, -0.2) is 14.3 Å². The second-order valence-corrected chi connectivity index (χ2v) is 8.46. The number of esters is 1. The summed E-state index contributed by atoms with van der Waals surface area (Å²) in [6, 6.07) is 14.5. The number of amides is 2. The molecule has 1 aromatic heterocycles. The van der Waals surface area contributed by atoms with E-state index in [9.17, 15) is 9.59 Å². The summed E-state index contributed by atoms with van der Waals surface area (Å²) in [6.45, 7) is 6.47. The minimum absolute atomic E-state index is 0.331. The first kappa shape index (κ1) is 24.1. The summed E-state index contributed by atoms with van der Waals surface area (Å²) in [7, 11) is 1.32. The van der Waals surface area contributed by atoms with E-state index in [1.165, 1.54) is 7.11 Å². The van der Waals surface area contributed by atoms with Crippen LogP contribution in [0.4, 0.5) is 4.79 Å². The minimum atomic E-state index is -0.732. The van der Waals surface area contributed by atoms with Crippen molar-refractivity contribution in [3.05, 3.63) is 77.1 Å². The first-order valence-electron chi connectivity index (χ1n) is 11.7. The molecule has 0 aliphatic carbocycles. The summed E-state index contributed by atoms with van der Waals surface area (Å²) in [6.07, 6.45) is 3.90. The Bertz CT molecular complexity index is 1260. The number of rotatable bonds is 8. The predicted octanol–water partition coefficient (Wildman–Crippen LogP) is 4.83. The Labute approximate surface area is 204 Å². The van der Waals surface area contributed by atoms with E-state index in [1.807, 2.05) is 61.7 Å². The second kappa shape index (κ2) is 10.5. The largest absolute Gasteiger partial charge is 0.493 e. The van der Waals surface area contributed by atoms with E-state index in [4.69, 9.17) is 14.6 Å². The van der Waals surface area contributed by atoms with Crippen LogP contribution in [0, 0.1) is 6.92 Å². The van der Waals surface area contributed by atoms with E-state index in [-0.39, 0.29) is 0 Å². The summed E-state index contributed by atoms with van der Waals surface area (Å²) in [5.41, 5.74) is 4.80. The van der Waals surface area contributed by atoms with Gasteiger partial charge in [0.2, 0.25) is 0 Å². The normalized spacial score (nSPS) is 15.4. The zero-order valence-corrected chi connectivity index (χ0v) is 20.4. The molecule has 2 amide bonds. The van der Waals surface area contributed by atoms with Crippen molar-refractivity contribution in [2.24, 2.45) is 0 Å². The molecular weight excluding hydrogens is 444 g/mol. The van der Waals surface area contributed by atoms with Crippen molar-refractivity contribution in [1.82, 2.24) is 20.4 Å². The number of benzene rings is 2. The van der Waals surface area contributed by atoms with Gasteiger partial charge in [0.05, 0.1) is 36.7 Å². The molecule has 0 bridgehead atoms. The van der Waals surface area contributed by atoms with Gasteiger partial charge in [-0.3, -0.25) is 0 Å². The first-order chi connectivity index (χ1) is 16.9. The highest BCUT2D eigenvalue weighted by molar-refractivity contribution is 5.95. The number of urea groups is 1. The number of nitrogens with zero attached hydrogens (tertiary/aromatic N) is 2. The van der Waals surface area contributed by atoms with E-state index in [0.717, 1.165) is 35.4 Å². The van der Waals surface area contributed by atoms with Crippen LogP contribution in [0.2, 0.25) is 0 Å². The van der Waals surface area contributed by atoms with Crippen LogP contribution in [0.25, 0.3) is 16.9 Å². The van der Waals surface area contributed by atoms with Crippen molar-refractivity contribution in [3.8, 4) is 22.7 Å². The second-order valence-electron chi connectivity index (χ2n) is 8.46. The van der Waals surface area contributed by atoms with Gasteiger partial charge in [0.15, 0.2) is 0 Å². The first-order valence-corrected chi connectivity index (χ1v) is 11.7. The van der Waals surface area contributed by atoms with Crippen molar-refractivity contribution in [2.45, 2.75) is 39.7 Å². The van der Waals surface area contributed by atoms with E-state index in [2.05, 4.69) is 17.6 Å². The molecule has 0 radical (unpaired) electrons. The van der Waals surface area contributed by atoms with Crippen LogP contribution in [0.5, 0.6) is 5.75 Å². The van der Waals surface area contributed by atoms with Crippen molar-refractivity contribution in [2.75, 3.05) is 13.7 Å². The van der Waals surface area contributed by atoms with Gasteiger partial charge in [-0.1, -0.05) is 31.5 Å². The van der Waals surface area contributed by atoms with Crippen molar-refractivity contribution >= 4 is 12.0 Å². The Morgan fingerprint density at radius 2 is 1.91 bits per heavy atom. The maximum absolute atomic E-state index is 12.7. The summed E-state index contributed by atoms with van der Waals surface area (Å²) in [5.74, 6) is 0.307. The fraction of sp³-hybridized carbons (Fsp3) is 0.296. The van der Waals surface area contributed by atoms with Crippen LogP contribution in [-0.2, 0) is 9.53 Å². The third-order valence-electron chi connectivity index (χ3n) is 5.95. The third kappa shape index (κ3) is 5.06. The van der Waals surface area contributed by atoms with Gasteiger partial charge in [0.1, 0.15) is 5.75 Å². The van der Waals surface area contributed by atoms with E-state index in [0.29, 0.717) is 29.1 Å². The molecule has 35 heavy (non-hydrogen) atoms. The molecule has 2 aromatic carbocycles. The van der Waals surface area contributed by atoms with Gasteiger partial charge in [-0.15, -0.1) is 0 Å². The van der Waals surface area contributed by atoms with Crippen LogP contribution >= 0.6 is 0 Å². The SMILES string of the molecule is CCCCOc1ccc(-c2nn(-c3ccccc3)cc2[C@@H]2NC(=O)NC(C)=C2C(=O)OC)cc1C. The van der Waals surface area contributed by atoms with E-state index >= 15 is 0 Å². The number of hydrogen-bond donors (Lipinski definition) is 2. The summed E-state index contributed by atoms with van der Waals surface area (Å²) < 4.78 is 12.7. The zero-order chi connectivity index (χ0) is 24.9. The molecule has 1 atom stereocenters. The number of ether oxygens (including phenoxy) is 2. The molecule has 0 spiro atoms. The number of unbranched alkanes of at least 4 members (excludes halogenated alkanes) is 1. The Morgan fingerprint density at radius 1 is 1.14 bits per heavy atom. The molecule has 182 valence electrons. The Hall–Kier alpha value is -4.07. The number of hydrogen-bond acceptors (Lipinski definition) is 5. The fourth-order valence-electron chi connectivity index (χ4n) is 4.13. The van der Waals surface area contributed by atoms with Crippen LogP contribution in [-0.4, -0.2) is 35.5 Å². The molecule has 2 heterocycles. The molecule has 1 aliphatic heterocycles. The minimum Gasteiger partial charge on any atom is -0.493 e. The van der Waals surface area contributed by atoms with Gasteiger partial charge in [0.25, 0.3) is 0 Å². The standard InChI is InChI=1S/C27H30N4O4/c1-5-6-14-35-22-13-12-19(15-17(22)2)24-21(16-31(30-24)20-10-8-7-9-11-20)25-23(26(32)34-4)18(3)28-27(33)29-25/h7-13,15-16,25H,5-6,14H2,1-4H3,(H2,28,29,33)/t25-/m0/s1. The molecule has 2 N–H and O–H groups in total. The Kier molecular flexibility index (Phi) is 7.19. The zero-order valence-electron chi connectivity index (χ0n) is 20.4. The van der Waals surface area contributed by atoms with Gasteiger partial charge in [-0.2, -0.15) is 5.10 Å². The highest BCUT2D eigenvalue weighted by Gasteiger charge is 2.35. The molecule has 3 aromatic rings. The number of methoxy groups -OCH3 is 1. The van der Waals surface area contributed by atoms with Crippen LogP contribution < -0.4 is 15.4 Å². The molecule has 4 rings (SSSR count). The Balaban J connectivity index is 1.84. The highest BCUT2D eigenvalue weighted by atomic mass is 16.5. The summed E-state index contributed by atoms with van der Waals surface area (Å²) in [4.78, 5) is 25.1. The number of carbonyl (C=O) groups is 2. The molecule has 8 heteroatoms. The van der Waals surface area contributed by atoms with Gasteiger partial charge in [0, 0.05) is 23.0 Å². The smallest absolute Gasteiger partial charge is 0.337 e. The lowest BCUT2D eigenvalue weighted by atomic mass is 9.93. The highest BCUT2D eigenvalue weighted by Crippen LogP contribution is 2.36. The maximum atomic E-state index is 12.7. The number of allylic oxidation sites excluding steroid dienone is 1. The van der Waals surface area contributed by atoms with Gasteiger partial charge >= 0.3 is 12.0 Å². The fourth-order valence-corrected chi connectivity index (χ4v) is 4.13. The van der Waals surface area contributed by atoms with E-state index < -0.39 is 18.0 Å². The number of carbonyl (C=O) groups excluding carboxylic acids is 2. The lowest BCUT2D eigenvalue weighted by Crippen LogP contribution is -2.45. The summed E-state index contributed by atoms with van der Waals surface area (Å²) >= 11 is 0. The average molecular weight is 475 g/mol. The lowest BCUT2D eigenvalue weighted by Gasteiger charge is -2.27. The molecule has 0 unspecified atom stereocenters. The molecule has 0 saturated heterocycles. The van der Waals surface area contributed by atoms with Gasteiger partial charge < -0.3 is 20.1 Å². The van der Waals surface area contributed by atoms with Crippen molar-refractivity contribution in [3.63, 3.8) is 0 Å². The topological polar surface area (TPSA) is 94.5 Å². The number of aryl methyl sites for hydroxylation is 1. The monoisotopic (exact) mass is 474 g/mol. The predicted molar refractivity (Wildman–Crippen MR) is 133 cm³/mol. The number of aromatic nitrogens is 2. The van der Waals surface area contributed by atoms with Crippen LogP contribution in [0.3, 0.4) is 0 Å². The van der Waals surface area contributed by atoms with Crippen molar-refractivity contribution < 1.29 is 19.1 Å². The lowest BCUT2D eigenvalue weighted by molar-refractivity contribution is -0.136. The molecule has 0 fully saturated rings. The van der Waals surface area contributed by atoms with E-state index in [1.54, 1.807) is 11.6 Å². The molecule has 0 saturated carbocycles. The van der Waals surface area contributed by atoms with Crippen LogP contribution in [0.15, 0.2) is 66.0 Å². The number of nitrogens with one attached hydrogen (secondary N) is 2. The third-order valence-corrected chi connectivity index (χ3v) is 5.95. The number of para-hydroxylation sites is 1. The Morgan fingerprint density at radius 3 is 2.60 bits per heavy atom.